The van der Waals surface area contributed by atoms with Crippen molar-refractivity contribution in [1.29, 1.82) is 0 Å². The molecule has 0 saturated heterocycles. The molecule has 26 heavy (non-hydrogen) atoms. The van der Waals surface area contributed by atoms with Crippen LogP contribution in [0.3, 0.4) is 0 Å². The molecule has 1 unspecified atom stereocenters. The average Bonchev–Trinajstić information content (AvgIpc) is 2.93. The fraction of sp³-hybridized carbons (Fsp3) is 0.706. The first-order valence-electron chi connectivity index (χ1n) is 8.44. The lowest BCUT2D eigenvalue weighted by Gasteiger charge is -2.28. The molecule has 0 saturated carbocycles. The molecular formula is C17H32IN5O2S. The van der Waals surface area contributed by atoms with Gasteiger partial charge in [-0.25, -0.2) is 9.78 Å². The summed E-state index contributed by atoms with van der Waals surface area (Å²) in [6.45, 7) is 11.0. The normalized spacial score (nSPS) is 12.8. The molecule has 0 aliphatic carbocycles. The van der Waals surface area contributed by atoms with Crippen LogP contribution in [0, 0.1) is 6.92 Å². The van der Waals surface area contributed by atoms with Crippen LogP contribution in [-0.4, -0.2) is 54.2 Å². The maximum Gasteiger partial charge on any atom is 0.410 e. The van der Waals surface area contributed by atoms with Crippen molar-refractivity contribution in [1.82, 2.24) is 20.5 Å². The van der Waals surface area contributed by atoms with Crippen LogP contribution < -0.4 is 10.6 Å². The molecule has 2 N–H and O–H groups in total. The molecule has 1 aromatic heterocycles. The van der Waals surface area contributed by atoms with Gasteiger partial charge in [-0.1, -0.05) is 0 Å². The fourth-order valence-electron chi connectivity index (χ4n) is 1.97. The minimum absolute atomic E-state index is 0. The third-order valence-corrected chi connectivity index (χ3v) is 4.41. The zero-order valence-electron chi connectivity index (χ0n) is 16.8. The summed E-state index contributed by atoms with van der Waals surface area (Å²) in [5, 5.41) is 7.52. The van der Waals surface area contributed by atoms with Crippen LogP contribution in [-0.2, 0) is 11.3 Å². The number of thiazole rings is 1. The lowest BCUT2D eigenvalue weighted by atomic mass is 10.2. The number of rotatable bonds is 6. The van der Waals surface area contributed by atoms with Crippen LogP contribution in [0.5, 0.6) is 0 Å². The second-order valence-corrected chi connectivity index (χ2v) is 8.27. The van der Waals surface area contributed by atoms with E-state index in [9.17, 15) is 4.79 Å². The second-order valence-electron chi connectivity index (χ2n) is 6.95. The monoisotopic (exact) mass is 497 g/mol. The number of nitrogens with zero attached hydrogens (tertiary/aromatic N) is 3. The molecule has 1 heterocycles. The number of carbonyl (C=O) groups excluding carboxylic acids is 1. The molecule has 0 radical (unpaired) electrons. The van der Waals surface area contributed by atoms with Crippen LogP contribution in [0.1, 0.15) is 44.0 Å². The SMILES string of the molecule is CN=C(NCCC(C)N(C)C(=O)OC(C)(C)C)NCc1ncc(C)s1.I. The molecule has 150 valence electrons. The van der Waals surface area contributed by atoms with E-state index < -0.39 is 5.60 Å². The number of ether oxygens (including phenoxy) is 1. The minimum atomic E-state index is -0.483. The summed E-state index contributed by atoms with van der Waals surface area (Å²) >= 11 is 1.67. The van der Waals surface area contributed by atoms with Crippen LogP contribution in [0.4, 0.5) is 4.79 Å². The van der Waals surface area contributed by atoms with E-state index in [1.807, 2.05) is 40.8 Å². The van der Waals surface area contributed by atoms with Gasteiger partial charge in [0.15, 0.2) is 5.96 Å². The Morgan fingerprint density at radius 3 is 2.58 bits per heavy atom. The van der Waals surface area contributed by atoms with Gasteiger partial charge in [0, 0.05) is 37.8 Å². The summed E-state index contributed by atoms with van der Waals surface area (Å²) in [6.07, 6.45) is 2.35. The number of aliphatic imine (C=N–C) groups is 1. The Morgan fingerprint density at radius 1 is 1.42 bits per heavy atom. The third kappa shape index (κ3) is 9.56. The number of aromatic nitrogens is 1. The highest BCUT2D eigenvalue weighted by Gasteiger charge is 2.22. The summed E-state index contributed by atoms with van der Waals surface area (Å²) in [5.41, 5.74) is -0.483. The van der Waals surface area contributed by atoms with Crippen molar-refractivity contribution < 1.29 is 9.53 Å². The largest absolute Gasteiger partial charge is 0.444 e. The molecule has 7 nitrogen and oxygen atoms in total. The van der Waals surface area contributed by atoms with E-state index in [1.54, 1.807) is 30.3 Å². The summed E-state index contributed by atoms with van der Waals surface area (Å²) < 4.78 is 5.38. The Labute approximate surface area is 178 Å². The van der Waals surface area contributed by atoms with E-state index in [-0.39, 0.29) is 36.1 Å². The molecule has 9 heteroatoms. The smallest absolute Gasteiger partial charge is 0.410 e. The highest BCUT2D eigenvalue weighted by atomic mass is 127. The second kappa shape index (κ2) is 11.6. The van der Waals surface area contributed by atoms with Crippen molar-refractivity contribution in [3.05, 3.63) is 16.1 Å². The molecule has 0 bridgehead atoms. The zero-order valence-corrected chi connectivity index (χ0v) is 19.9. The van der Waals surface area contributed by atoms with Gasteiger partial charge < -0.3 is 20.3 Å². The van der Waals surface area contributed by atoms with Crippen molar-refractivity contribution in [2.24, 2.45) is 4.99 Å². The van der Waals surface area contributed by atoms with Crippen LogP contribution >= 0.6 is 35.3 Å². The Hall–Kier alpha value is -1.10. The molecule has 1 atom stereocenters. The number of amides is 1. The van der Waals surface area contributed by atoms with Gasteiger partial charge in [0.2, 0.25) is 0 Å². The molecule has 0 aliphatic rings. The number of hydrogen-bond acceptors (Lipinski definition) is 5. The Morgan fingerprint density at radius 2 is 2.08 bits per heavy atom. The van der Waals surface area contributed by atoms with Crippen LogP contribution in [0.25, 0.3) is 0 Å². The Kier molecular flexibility index (Phi) is 11.1. The molecule has 1 rings (SSSR count). The van der Waals surface area contributed by atoms with E-state index in [0.717, 1.165) is 17.4 Å². The van der Waals surface area contributed by atoms with Gasteiger partial charge in [-0.05, 0) is 41.0 Å². The van der Waals surface area contributed by atoms with Crippen molar-refractivity contribution in [3.8, 4) is 0 Å². The molecule has 1 aromatic rings. The number of carbonyl (C=O) groups is 1. The summed E-state index contributed by atoms with van der Waals surface area (Å²) in [7, 11) is 3.50. The van der Waals surface area contributed by atoms with Crippen molar-refractivity contribution in [3.63, 3.8) is 0 Å². The first kappa shape index (κ1) is 24.9. The topological polar surface area (TPSA) is 78.9 Å². The van der Waals surface area contributed by atoms with Crippen LogP contribution in [0.15, 0.2) is 11.2 Å². The Balaban J connectivity index is 0.00000625. The first-order chi connectivity index (χ1) is 11.6. The van der Waals surface area contributed by atoms with Crippen molar-refractivity contribution in [2.45, 2.75) is 59.2 Å². The predicted molar refractivity (Wildman–Crippen MR) is 119 cm³/mol. The van der Waals surface area contributed by atoms with Gasteiger partial charge in [-0.3, -0.25) is 4.99 Å². The van der Waals surface area contributed by atoms with Gasteiger partial charge in [-0.15, -0.1) is 35.3 Å². The molecule has 0 aromatic carbocycles. The van der Waals surface area contributed by atoms with E-state index in [1.165, 1.54) is 4.88 Å². The zero-order chi connectivity index (χ0) is 19.0. The Bertz CT molecular complexity index is 586. The molecule has 0 fully saturated rings. The number of guanidine groups is 1. The molecule has 0 spiro atoms. The van der Waals surface area contributed by atoms with Crippen molar-refractivity contribution >= 4 is 47.4 Å². The number of halogens is 1. The highest BCUT2D eigenvalue weighted by molar-refractivity contribution is 14.0. The van der Waals surface area contributed by atoms with E-state index in [4.69, 9.17) is 4.74 Å². The first-order valence-corrected chi connectivity index (χ1v) is 9.25. The third-order valence-electron chi connectivity index (χ3n) is 3.50. The van der Waals surface area contributed by atoms with E-state index in [0.29, 0.717) is 13.1 Å². The van der Waals surface area contributed by atoms with Gasteiger partial charge >= 0.3 is 6.09 Å². The number of hydrogen-bond donors (Lipinski definition) is 2. The van der Waals surface area contributed by atoms with Crippen LogP contribution in [0.2, 0.25) is 0 Å². The van der Waals surface area contributed by atoms with Gasteiger partial charge in [0.05, 0.1) is 6.54 Å². The lowest BCUT2D eigenvalue weighted by molar-refractivity contribution is 0.0230. The van der Waals surface area contributed by atoms with Gasteiger partial charge in [0.25, 0.3) is 0 Å². The maximum absolute atomic E-state index is 12.1. The lowest BCUT2D eigenvalue weighted by Crippen LogP contribution is -2.42. The molecule has 0 aliphatic heterocycles. The van der Waals surface area contributed by atoms with E-state index >= 15 is 0 Å². The molecular weight excluding hydrogens is 465 g/mol. The summed E-state index contributed by atoms with van der Waals surface area (Å²) in [6, 6.07) is 0.0575. The summed E-state index contributed by atoms with van der Waals surface area (Å²) in [5.74, 6) is 0.722. The standard InChI is InChI=1S/C17H31N5O2S.HI/c1-12(22(7)16(23)24-17(3,4)5)8-9-19-15(18-6)21-11-14-20-10-13(2)25-14;/h10,12H,8-9,11H2,1-7H3,(H2,18,19,21);1H. The average molecular weight is 497 g/mol. The van der Waals surface area contributed by atoms with Crippen molar-refractivity contribution in [2.75, 3.05) is 20.6 Å². The number of aryl methyl sites for hydroxylation is 1. The highest BCUT2D eigenvalue weighted by Crippen LogP contribution is 2.12. The van der Waals surface area contributed by atoms with Gasteiger partial charge in [-0.2, -0.15) is 0 Å². The quantitative estimate of drug-likeness (QED) is 0.358. The fourth-order valence-corrected chi connectivity index (χ4v) is 2.70. The predicted octanol–water partition coefficient (Wildman–Crippen LogP) is 3.38. The van der Waals surface area contributed by atoms with Gasteiger partial charge in [0.1, 0.15) is 10.6 Å². The minimum Gasteiger partial charge on any atom is -0.444 e. The number of nitrogens with one attached hydrogen (secondary N) is 2. The summed E-state index contributed by atoms with van der Waals surface area (Å²) in [4.78, 5) is 23.4. The molecule has 1 amide bonds. The van der Waals surface area contributed by atoms with E-state index in [2.05, 4.69) is 20.6 Å². The maximum atomic E-state index is 12.1.